The molecule has 0 atom stereocenters. The largest absolute Gasteiger partial charge is 0.378 e. The van der Waals surface area contributed by atoms with Gasteiger partial charge in [0.15, 0.2) is 0 Å². The second-order valence-corrected chi connectivity index (χ2v) is 10.4. The number of thioether (sulfide) groups is 1. The number of nitrogens with zero attached hydrogens (tertiary/aromatic N) is 4. The van der Waals surface area contributed by atoms with Crippen molar-refractivity contribution < 1.29 is 19.2 Å². The van der Waals surface area contributed by atoms with E-state index < -0.39 is 0 Å². The SMILES string of the molecule is Cc1ccc(CN2C(=O)S/C(=C\c3cc(C)n(-c4ccc(N5CCOCC5)c([N+](=O)[O-])c4)c3C)C2=O)cc1. The number of nitro benzene ring substituents is 1. The maximum absolute atomic E-state index is 13.1. The standard InChI is InChI=1S/C28H28N4O5S/c1-18-4-6-21(7-5-18)17-30-27(33)26(38-28(30)34)15-22-14-19(2)31(20(22)3)23-8-9-24(25(16-23)32(35)36)29-10-12-37-13-11-29/h4-9,14-16H,10-13,17H2,1-3H3/b26-15-. The van der Waals surface area contributed by atoms with E-state index in [0.29, 0.717) is 42.6 Å². The van der Waals surface area contributed by atoms with Crippen LogP contribution in [0.3, 0.4) is 0 Å². The van der Waals surface area contributed by atoms with Crippen LogP contribution >= 0.6 is 11.8 Å². The zero-order valence-corrected chi connectivity index (χ0v) is 22.3. The van der Waals surface area contributed by atoms with Crippen LogP contribution in [0.1, 0.15) is 28.1 Å². The van der Waals surface area contributed by atoms with E-state index >= 15 is 0 Å². The van der Waals surface area contributed by atoms with E-state index in [1.54, 1.807) is 18.2 Å². The monoisotopic (exact) mass is 532 g/mol. The van der Waals surface area contributed by atoms with Gasteiger partial charge in [-0.05, 0) is 67.9 Å². The van der Waals surface area contributed by atoms with E-state index in [-0.39, 0.29) is 28.3 Å². The fourth-order valence-corrected chi connectivity index (χ4v) is 5.68. The molecule has 0 unspecified atom stereocenters. The number of aryl methyl sites for hydroxylation is 2. The first-order valence-electron chi connectivity index (χ1n) is 12.3. The number of hydrogen-bond acceptors (Lipinski definition) is 7. The van der Waals surface area contributed by atoms with Gasteiger partial charge in [0.2, 0.25) is 0 Å². The first-order valence-corrected chi connectivity index (χ1v) is 13.2. The molecule has 0 spiro atoms. The summed E-state index contributed by atoms with van der Waals surface area (Å²) >= 11 is 0.927. The van der Waals surface area contributed by atoms with E-state index in [4.69, 9.17) is 4.74 Å². The quantitative estimate of drug-likeness (QED) is 0.239. The number of imide groups is 1. The third kappa shape index (κ3) is 4.97. The van der Waals surface area contributed by atoms with Crippen molar-refractivity contribution >= 4 is 40.4 Å². The Kier molecular flexibility index (Phi) is 7.09. The summed E-state index contributed by atoms with van der Waals surface area (Å²) in [6.07, 6.45) is 1.73. The normalized spacial score (nSPS) is 17.1. The topological polar surface area (TPSA) is 97.9 Å². The highest BCUT2D eigenvalue weighted by Crippen LogP contribution is 2.36. The van der Waals surface area contributed by atoms with Crippen LogP contribution in [0.2, 0.25) is 0 Å². The lowest BCUT2D eigenvalue weighted by Gasteiger charge is -2.28. The molecule has 0 saturated carbocycles. The van der Waals surface area contributed by atoms with E-state index in [1.165, 1.54) is 4.90 Å². The zero-order chi connectivity index (χ0) is 27.0. The molecule has 1 aromatic heterocycles. The van der Waals surface area contributed by atoms with Gasteiger partial charge in [0.1, 0.15) is 5.69 Å². The molecule has 3 aromatic rings. The molecule has 3 heterocycles. The van der Waals surface area contributed by atoms with Gasteiger partial charge in [0.25, 0.3) is 16.8 Å². The minimum Gasteiger partial charge on any atom is -0.378 e. The Bertz CT molecular complexity index is 1450. The van der Waals surface area contributed by atoms with Gasteiger partial charge < -0.3 is 14.2 Å². The molecule has 38 heavy (non-hydrogen) atoms. The second-order valence-electron chi connectivity index (χ2n) is 9.44. The van der Waals surface area contributed by atoms with E-state index in [1.807, 2.05) is 66.6 Å². The molecule has 2 amide bonds. The van der Waals surface area contributed by atoms with Gasteiger partial charge in [0, 0.05) is 30.5 Å². The van der Waals surface area contributed by atoms with Crippen molar-refractivity contribution in [2.75, 3.05) is 31.2 Å². The maximum atomic E-state index is 13.1. The molecule has 2 aliphatic heterocycles. The molecule has 10 heteroatoms. The van der Waals surface area contributed by atoms with Crippen molar-refractivity contribution in [3.8, 4) is 5.69 Å². The van der Waals surface area contributed by atoms with Gasteiger partial charge in [-0.1, -0.05) is 29.8 Å². The molecule has 2 fully saturated rings. The highest BCUT2D eigenvalue weighted by atomic mass is 32.2. The number of ether oxygens (including phenoxy) is 1. The smallest absolute Gasteiger partial charge is 0.294 e. The Morgan fingerprint density at radius 3 is 2.42 bits per heavy atom. The van der Waals surface area contributed by atoms with Gasteiger partial charge >= 0.3 is 0 Å². The Morgan fingerprint density at radius 2 is 1.74 bits per heavy atom. The van der Waals surface area contributed by atoms with Crippen molar-refractivity contribution in [2.45, 2.75) is 27.3 Å². The summed E-state index contributed by atoms with van der Waals surface area (Å²) in [5.74, 6) is -0.323. The number of amides is 2. The van der Waals surface area contributed by atoms with Crippen molar-refractivity contribution in [3.05, 3.63) is 91.6 Å². The Labute approximate surface area is 224 Å². The molecular weight excluding hydrogens is 504 g/mol. The fraction of sp³-hybridized carbons (Fsp3) is 0.286. The Hall–Kier alpha value is -3.89. The molecule has 0 bridgehead atoms. The van der Waals surface area contributed by atoms with Crippen molar-refractivity contribution in [2.24, 2.45) is 0 Å². The number of nitro groups is 1. The summed E-state index contributed by atoms with van der Waals surface area (Å²) in [6, 6.07) is 14.9. The number of carbonyl (C=O) groups excluding carboxylic acids is 2. The lowest BCUT2D eigenvalue weighted by atomic mass is 10.1. The third-order valence-electron chi connectivity index (χ3n) is 6.86. The summed E-state index contributed by atoms with van der Waals surface area (Å²) < 4.78 is 7.32. The van der Waals surface area contributed by atoms with Crippen LogP contribution in [0.5, 0.6) is 0 Å². The van der Waals surface area contributed by atoms with Gasteiger partial charge in [-0.3, -0.25) is 24.6 Å². The summed E-state index contributed by atoms with van der Waals surface area (Å²) in [6.45, 7) is 8.30. The number of hydrogen-bond donors (Lipinski definition) is 0. The summed E-state index contributed by atoms with van der Waals surface area (Å²) in [5.41, 5.74) is 5.74. The van der Waals surface area contributed by atoms with Crippen molar-refractivity contribution in [3.63, 3.8) is 0 Å². The van der Waals surface area contributed by atoms with Gasteiger partial charge in [-0.2, -0.15) is 0 Å². The molecule has 9 nitrogen and oxygen atoms in total. The van der Waals surface area contributed by atoms with Gasteiger partial charge in [0.05, 0.1) is 35.3 Å². The van der Waals surface area contributed by atoms with Gasteiger partial charge in [-0.15, -0.1) is 0 Å². The van der Waals surface area contributed by atoms with Crippen LogP contribution < -0.4 is 4.90 Å². The van der Waals surface area contributed by atoms with Crippen molar-refractivity contribution in [1.29, 1.82) is 0 Å². The molecule has 2 aromatic carbocycles. The minimum absolute atomic E-state index is 0.0377. The molecule has 0 radical (unpaired) electrons. The average Bonchev–Trinajstić information content (AvgIpc) is 3.34. The average molecular weight is 533 g/mol. The van der Waals surface area contributed by atoms with Crippen LogP contribution in [0.15, 0.2) is 53.4 Å². The summed E-state index contributed by atoms with van der Waals surface area (Å²) in [4.78, 5) is 40.9. The number of morpholine rings is 1. The van der Waals surface area contributed by atoms with E-state index in [9.17, 15) is 19.7 Å². The van der Waals surface area contributed by atoms with E-state index in [0.717, 1.165) is 39.8 Å². The molecule has 0 aliphatic carbocycles. The summed E-state index contributed by atoms with van der Waals surface area (Å²) in [7, 11) is 0. The van der Waals surface area contributed by atoms with Crippen LogP contribution in [0.4, 0.5) is 16.2 Å². The molecule has 0 N–H and O–H groups in total. The molecular formula is C28H28N4O5S. The lowest BCUT2D eigenvalue weighted by molar-refractivity contribution is -0.384. The zero-order valence-electron chi connectivity index (χ0n) is 21.5. The molecule has 196 valence electrons. The number of aromatic nitrogens is 1. The summed E-state index contributed by atoms with van der Waals surface area (Å²) in [5, 5.41) is 11.6. The van der Waals surface area contributed by atoms with Crippen LogP contribution in [0, 0.1) is 30.9 Å². The number of carbonyl (C=O) groups is 2. The Morgan fingerprint density at radius 1 is 1.03 bits per heavy atom. The molecule has 2 aliphatic rings. The Balaban J connectivity index is 1.43. The van der Waals surface area contributed by atoms with E-state index in [2.05, 4.69) is 0 Å². The first kappa shape index (κ1) is 25.7. The lowest BCUT2D eigenvalue weighted by Crippen LogP contribution is -2.36. The van der Waals surface area contributed by atoms with Gasteiger partial charge in [-0.25, -0.2) is 0 Å². The second kappa shape index (κ2) is 10.5. The number of anilines is 1. The van der Waals surface area contributed by atoms with Crippen molar-refractivity contribution in [1.82, 2.24) is 9.47 Å². The predicted octanol–water partition coefficient (Wildman–Crippen LogP) is 5.38. The fourth-order valence-electron chi connectivity index (χ4n) is 4.85. The number of benzene rings is 2. The predicted molar refractivity (Wildman–Crippen MR) is 148 cm³/mol. The number of rotatable bonds is 6. The van der Waals surface area contributed by atoms with Crippen LogP contribution in [-0.2, 0) is 16.1 Å². The highest BCUT2D eigenvalue weighted by Gasteiger charge is 2.35. The highest BCUT2D eigenvalue weighted by molar-refractivity contribution is 8.18. The minimum atomic E-state index is -0.354. The van der Waals surface area contributed by atoms with Crippen LogP contribution in [0.25, 0.3) is 11.8 Å². The molecule has 5 rings (SSSR count). The molecule has 2 saturated heterocycles. The third-order valence-corrected chi connectivity index (χ3v) is 7.76. The van der Waals surface area contributed by atoms with Crippen LogP contribution in [-0.4, -0.2) is 51.8 Å². The first-order chi connectivity index (χ1) is 18.2. The maximum Gasteiger partial charge on any atom is 0.294 e.